The van der Waals surface area contributed by atoms with Crippen LogP contribution in [-0.4, -0.2) is 31.4 Å². The SMILES string of the molecule is CC(C)(C)S(=O)(=O)CCNC(=O)c1ccc(C#N)cc1. The van der Waals surface area contributed by atoms with Gasteiger partial charge in [0.1, 0.15) is 0 Å². The molecule has 0 aliphatic carbocycles. The Morgan fingerprint density at radius 2 is 1.80 bits per heavy atom. The molecule has 0 atom stereocenters. The summed E-state index contributed by atoms with van der Waals surface area (Å²) in [5.74, 6) is -0.447. The Hall–Kier alpha value is -1.87. The number of hydrogen-bond acceptors (Lipinski definition) is 4. The molecule has 1 rings (SSSR count). The fourth-order valence-corrected chi connectivity index (χ4v) is 2.39. The predicted molar refractivity (Wildman–Crippen MR) is 77.0 cm³/mol. The molecule has 0 aliphatic heterocycles. The third kappa shape index (κ3) is 4.07. The Balaban J connectivity index is 2.58. The van der Waals surface area contributed by atoms with Crippen molar-refractivity contribution in [3.63, 3.8) is 0 Å². The topological polar surface area (TPSA) is 87.0 Å². The molecule has 1 amide bonds. The average molecular weight is 294 g/mol. The lowest BCUT2D eigenvalue weighted by atomic mass is 10.1. The van der Waals surface area contributed by atoms with Gasteiger partial charge in [-0.1, -0.05) is 0 Å². The normalized spacial score (nSPS) is 11.7. The summed E-state index contributed by atoms with van der Waals surface area (Å²) in [6, 6.07) is 8.11. The smallest absolute Gasteiger partial charge is 0.251 e. The highest BCUT2D eigenvalue weighted by Gasteiger charge is 2.28. The predicted octanol–water partition coefficient (Wildman–Crippen LogP) is 1.50. The Morgan fingerprint density at radius 3 is 2.25 bits per heavy atom. The van der Waals surface area contributed by atoms with E-state index < -0.39 is 14.6 Å². The number of nitrogens with zero attached hydrogens (tertiary/aromatic N) is 1. The number of amides is 1. The summed E-state index contributed by atoms with van der Waals surface area (Å²) in [6.45, 7) is 4.96. The van der Waals surface area contributed by atoms with Gasteiger partial charge in [0.05, 0.1) is 22.1 Å². The lowest BCUT2D eigenvalue weighted by Gasteiger charge is -2.19. The number of carbonyl (C=O) groups is 1. The van der Waals surface area contributed by atoms with E-state index in [0.29, 0.717) is 11.1 Å². The molecule has 0 fully saturated rings. The highest BCUT2D eigenvalue weighted by Crippen LogP contribution is 2.15. The zero-order valence-corrected chi connectivity index (χ0v) is 12.6. The average Bonchev–Trinajstić information content (AvgIpc) is 2.37. The lowest BCUT2D eigenvalue weighted by Crippen LogP contribution is -2.36. The summed E-state index contributed by atoms with van der Waals surface area (Å²) in [4.78, 5) is 11.8. The van der Waals surface area contributed by atoms with Gasteiger partial charge in [0, 0.05) is 12.1 Å². The van der Waals surface area contributed by atoms with Crippen molar-refractivity contribution >= 4 is 15.7 Å². The van der Waals surface area contributed by atoms with Crippen LogP contribution in [0.25, 0.3) is 0 Å². The summed E-state index contributed by atoms with van der Waals surface area (Å²) in [6.07, 6.45) is 0. The molecule has 0 bridgehead atoms. The standard InChI is InChI=1S/C14H18N2O3S/c1-14(2,3)20(18,19)9-8-16-13(17)12-6-4-11(10-15)5-7-12/h4-7H,8-9H2,1-3H3,(H,16,17). The Labute approximate surface area is 119 Å². The van der Waals surface area contributed by atoms with Crippen molar-refractivity contribution in [3.05, 3.63) is 35.4 Å². The molecule has 1 N–H and O–H groups in total. The zero-order chi connectivity index (χ0) is 15.4. The van der Waals surface area contributed by atoms with Crippen LogP contribution in [0.3, 0.4) is 0 Å². The van der Waals surface area contributed by atoms with Gasteiger partial charge < -0.3 is 5.32 Å². The van der Waals surface area contributed by atoms with E-state index in [1.807, 2.05) is 6.07 Å². The van der Waals surface area contributed by atoms with Gasteiger partial charge in [0.15, 0.2) is 9.84 Å². The molecule has 6 heteroatoms. The van der Waals surface area contributed by atoms with Crippen LogP contribution in [0.15, 0.2) is 24.3 Å². The highest BCUT2D eigenvalue weighted by atomic mass is 32.2. The van der Waals surface area contributed by atoms with Gasteiger partial charge in [-0.3, -0.25) is 4.79 Å². The summed E-state index contributed by atoms with van der Waals surface area (Å²) in [5, 5.41) is 11.2. The van der Waals surface area contributed by atoms with Crippen molar-refractivity contribution in [2.24, 2.45) is 0 Å². The zero-order valence-electron chi connectivity index (χ0n) is 11.8. The van der Waals surface area contributed by atoms with Gasteiger partial charge in [-0.25, -0.2) is 8.42 Å². The molecule has 0 aromatic heterocycles. The first-order valence-corrected chi connectivity index (χ1v) is 7.83. The van der Waals surface area contributed by atoms with Gasteiger partial charge in [0.25, 0.3) is 5.91 Å². The number of sulfone groups is 1. The van der Waals surface area contributed by atoms with E-state index in [1.165, 1.54) is 12.1 Å². The number of rotatable bonds is 4. The maximum Gasteiger partial charge on any atom is 0.251 e. The third-order valence-corrected chi connectivity index (χ3v) is 5.47. The fourth-order valence-electron chi connectivity index (χ4n) is 1.40. The Kier molecular flexibility index (Phi) is 4.90. The Bertz CT molecular complexity index is 620. The van der Waals surface area contributed by atoms with Gasteiger partial charge >= 0.3 is 0 Å². The van der Waals surface area contributed by atoms with Gasteiger partial charge in [-0.2, -0.15) is 5.26 Å². The minimum Gasteiger partial charge on any atom is -0.351 e. The van der Waals surface area contributed by atoms with Crippen LogP contribution in [0.5, 0.6) is 0 Å². The van der Waals surface area contributed by atoms with Crippen LogP contribution >= 0.6 is 0 Å². The number of carbonyl (C=O) groups excluding carboxylic acids is 1. The molecule has 108 valence electrons. The molecule has 0 saturated heterocycles. The summed E-state index contributed by atoms with van der Waals surface area (Å²) in [7, 11) is -3.24. The second-order valence-corrected chi connectivity index (χ2v) is 8.24. The van der Waals surface area contributed by atoms with Gasteiger partial charge in [-0.15, -0.1) is 0 Å². The van der Waals surface area contributed by atoms with Crippen molar-refractivity contribution in [1.29, 1.82) is 5.26 Å². The quantitative estimate of drug-likeness (QED) is 0.911. The number of benzene rings is 1. The van der Waals surface area contributed by atoms with E-state index >= 15 is 0 Å². The monoisotopic (exact) mass is 294 g/mol. The minimum absolute atomic E-state index is 0.0679. The van der Waals surface area contributed by atoms with Crippen molar-refractivity contribution in [3.8, 4) is 6.07 Å². The summed E-state index contributed by atoms with van der Waals surface area (Å²) < 4.78 is 22.9. The molecule has 0 spiro atoms. The largest absolute Gasteiger partial charge is 0.351 e. The van der Waals surface area contributed by atoms with Crippen molar-refractivity contribution in [2.75, 3.05) is 12.3 Å². The van der Waals surface area contributed by atoms with E-state index in [2.05, 4.69) is 5.32 Å². The van der Waals surface area contributed by atoms with Crippen molar-refractivity contribution in [1.82, 2.24) is 5.32 Å². The first-order chi connectivity index (χ1) is 9.17. The maximum atomic E-state index is 11.9. The molecule has 0 saturated carbocycles. The second kappa shape index (κ2) is 6.06. The van der Waals surface area contributed by atoms with Crippen LogP contribution in [0.2, 0.25) is 0 Å². The van der Waals surface area contributed by atoms with Gasteiger partial charge in [-0.05, 0) is 45.0 Å². The molecule has 0 unspecified atom stereocenters. The van der Waals surface area contributed by atoms with E-state index in [-0.39, 0.29) is 18.2 Å². The van der Waals surface area contributed by atoms with E-state index in [1.54, 1.807) is 32.9 Å². The third-order valence-electron chi connectivity index (χ3n) is 2.87. The molecule has 0 heterocycles. The van der Waals surface area contributed by atoms with Crippen LogP contribution in [0.4, 0.5) is 0 Å². The van der Waals surface area contributed by atoms with Crippen molar-refractivity contribution < 1.29 is 13.2 Å². The maximum absolute atomic E-state index is 11.9. The summed E-state index contributed by atoms with van der Waals surface area (Å²) >= 11 is 0. The van der Waals surface area contributed by atoms with Crippen LogP contribution in [0, 0.1) is 11.3 Å². The fraction of sp³-hybridized carbons (Fsp3) is 0.429. The summed E-state index contributed by atoms with van der Waals surface area (Å²) in [5.41, 5.74) is 0.869. The molecule has 0 radical (unpaired) electrons. The number of nitrogens with one attached hydrogen (secondary N) is 1. The van der Waals surface area contributed by atoms with Crippen molar-refractivity contribution in [2.45, 2.75) is 25.5 Å². The lowest BCUT2D eigenvalue weighted by molar-refractivity contribution is 0.0956. The Morgan fingerprint density at radius 1 is 1.25 bits per heavy atom. The van der Waals surface area contributed by atoms with E-state index in [9.17, 15) is 13.2 Å². The second-order valence-electron chi connectivity index (χ2n) is 5.38. The molecule has 1 aromatic rings. The molecule has 0 aliphatic rings. The van der Waals surface area contributed by atoms with Crippen LogP contribution in [-0.2, 0) is 9.84 Å². The first-order valence-electron chi connectivity index (χ1n) is 6.18. The minimum atomic E-state index is -3.24. The molecule has 20 heavy (non-hydrogen) atoms. The highest BCUT2D eigenvalue weighted by molar-refractivity contribution is 7.92. The van der Waals surface area contributed by atoms with E-state index in [0.717, 1.165) is 0 Å². The van der Waals surface area contributed by atoms with Crippen LogP contribution < -0.4 is 5.32 Å². The van der Waals surface area contributed by atoms with Crippen LogP contribution in [0.1, 0.15) is 36.7 Å². The number of hydrogen-bond donors (Lipinski definition) is 1. The number of nitriles is 1. The van der Waals surface area contributed by atoms with E-state index in [4.69, 9.17) is 5.26 Å². The molecule has 1 aromatic carbocycles. The van der Waals surface area contributed by atoms with Gasteiger partial charge in [0.2, 0.25) is 0 Å². The molecular weight excluding hydrogens is 276 g/mol. The molecule has 5 nitrogen and oxygen atoms in total. The molecular formula is C14H18N2O3S. The first kappa shape index (κ1) is 16.2.